The molecule has 92 valence electrons. The molecule has 0 aromatic carbocycles. The molecule has 0 amide bonds. The lowest BCUT2D eigenvalue weighted by Crippen LogP contribution is -2.16. The Morgan fingerprint density at radius 2 is 2.29 bits per heavy atom. The smallest absolute Gasteiger partial charge is 0.160 e. The van der Waals surface area contributed by atoms with Crippen LogP contribution in [0.25, 0.3) is 11.2 Å². The fraction of sp³-hybridized carbons (Fsp3) is 0.455. The van der Waals surface area contributed by atoms with Gasteiger partial charge in [-0.2, -0.15) is 0 Å². The summed E-state index contributed by atoms with van der Waals surface area (Å²) >= 11 is 11.8. The summed E-state index contributed by atoms with van der Waals surface area (Å²) in [7, 11) is 1.68. The molecule has 1 unspecified atom stereocenters. The highest BCUT2D eigenvalue weighted by Crippen LogP contribution is 2.19. The summed E-state index contributed by atoms with van der Waals surface area (Å²) in [5, 5.41) is 0.572. The second kappa shape index (κ2) is 5.21. The molecule has 17 heavy (non-hydrogen) atoms. The summed E-state index contributed by atoms with van der Waals surface area (Å²) < 4.78 is 7.22. The van der Waals surface area contributed by atoms with Crippen LogP contribution >= 0.6 is 23.2 Å². The van der Waals surface area contributed by atoms with Gasteiger partial charge in [-0.1, -0.05) is 11.6 Å². The molecule has 0 saturated heterocycles. The Morgan fingerprint density at radius 3 is 2.94 bits per heavy atom. The van der Waals surface area contributed by atoms with E-state index >= 15 is 0 Å². The second-order valence-corrected chi connectivity index (χ2v) is 4.52. The number of pyridine rings is 1. The van der Waals surface area contributed by atoms with Crippen LogP contribution in [0.1, 0.15) is 12.7 Å². The van der Waals surface area contributed by atoms with Crippen LogP contribution in [-0.2, 0) is 17.2 Å². The molecule has 6 heteroatoms. The number of fused-ring (bicyclic) bond motifs is 1. The van der Waals surface area contributed by atoms with Crippen LogP contribution in [0.2, 0.25) is 5.02 Å². The fourth-order valence-corrected chi connectivity index (χ4v) is 2.01. The first-order valence-electron chi connectivity index (χ1n) is 5.25. The van der Waals surface area contributed by atoms with Gasteiger partial charge < -0.3 is 9.30 Å². The van der Waals surface area contributed by atoms with Crippen LogP contribution in [0.4, 0.5) is 0 Å². The Morgan fingerprint density at radius 1 is 1.53 bits per heavy atom. The summed E-state index contributed by atoms with van der Waals surface area (Å²) in [6.07, 6.45) is 1.68. The molecule has 0 aliphatic heterocycles. The summed E-state index contributed by atoms with van der Waals surface area (Å²) in [5.74, 6) is 1.12. The predicted molar refractivity (Wildman–Crippen MR) is 68.6 cm³/mol. The van der Waals surface area contributed by atoms with Crippen molar-refractivity contribution < 1.29 is 4.74 Å². The van der Waals surface area contributed by atoms with E-state index in [4.69, 9.17) is 27.9 Å². The third-order valence-corrected chi connectivity index (χ3v) is 3.04. The highest BCUT2D eigenvalue weighted by molar-refractivity contribution is 6.31. The van der Waals surface area contributed by atoms with Gasteiger partial charge in [-0.05, 0) is 13.0 Å². The van der Waals surface area contributed by atoms with Crippen molar-refractivity contribution in [2.45, 2.75) is 25.5 Å². The van der Waals surface area contributed by atoms with E-state index in [1.807, 2.05) is 11.5 Å². The van der Waals surface area contributed by atoms with Gasteiger partial charge >= 0.3 is 0 Å². The minimum atomic E-state index is 0.0758. The normalized spacial score (nSPS) is 13.2. The summed E-state index contributed by atoms with van der Waals surface area (Å²) in [4.78, 5) is 8.70. The highest BCUT2D eigenvalue weighted by Gasteiger charge is 2.13. The van der Waals surface area contributed by atoms with E-state index in [0.29, 0.717) is 17.4 Å². The lowest BCUT2D eigenvalue weighted by atomic mass is 10.4. The molecule has 0 saturated carbocycles. The third kappa shape index (κ3) is 2.54. The highest BCUT2D eigenvalue weighted by atomic mass is 35.5. The van der Waals surface area contributed by atoms with Crippen LogP contribution in [-0.4, -0.2) is 27.7 Å². The number of ether oxygens (including phenoxy) is 1. The van der Waals surface area contributed by atoms with Crippen molar-refractivity contribution >= 4 is 34.4 Å². The van der Waals surface area contributed by atoms with Gasteiger partial charge in [0.2, 0.25) is 0 Å². The molecule has 0 fully saturated rings. The zero-order valence-corrected chi connectivity index (χ0v) is 11.2. The first kappa shape index (κ1) is 12.6. The number of hydrogen-bond acceptors (Lipinski definition) is 3. The molecule has 2 aromatic rings. The average molecular weight is 274 g/mol. The van der Waals surface area contributed by atoms with Crippen LogP contribution in [0.15, 0.2) is 12.3 Å². The van der Waals surface area contributed by atoms with Crippen molar-refractivity contribution in [1.29, 1.82) is 0 Å². The molecule has 2 rings (SSSR count). The largest absolute Gasteiger partial charge is 0.380 e. The number of nitrogens with zero attached hydrogens (tertiary/aromatic N) is 3. The molecule has 1 atom stereocenters. The van der Waals surface area contributed by atoms with Crippen molar-refractivity contribution in [3.05, 3.63) is 23.1 Å². The molecular formula is C11H13Cl2N3O. The number of hydrogen-bond donors (Lipinski definition) is 0. The van der Waals surface area contributed by atoms with Gasteiger partial charge in [0.15, 0.2) is 5.65 Å². The molecule has 0 aliphatic rings. The van der Waals surface area contributed by atoms with E-state index in [0.717, 1.165) is 17.0 Å². The van der Waals surface area contributed by atoms with E-state index in [-0.39, 0.29) is 6.10 Å². The quantitative estimate of drug-likeness (QED) is 0.805. The Kier molecular flexibility index (Phi) is 3.86. The first-order chi connectivity index (χ1) is 8.15. The molecule has 0 bridgehead atoms. The standard InChI is InChI=1S/C11H13Cl2N3O/c1-7(17-2)6-16-10(4-12)15-9-3-8(13)5-14-11(9)16/h3,5,7H,4,6H2,1-2H3. The van der Waals surface area contributed by atoms with Crippen molar-refractivity contribution in [3.63, 3.8) is 0 Å². The number of alkyl halides is 1. The molecule has 2 aromatic heterocycles. The molecule has 0 spiro atoms. The summed E-state index contributed by atoms with van der Waals surface area (Å²) in [6, 6.07) is 1.79. The average Bonchev–Trinajstić information content (AvgIpc) is 2.66. The van der Waals surface area contributed by atoms with Crippen LogP contribution in [0.5, 0.6) is 0 Å². The molecule has 0 N–H and O–H groups in total. The van der Waals surface area contributed by atoms with Crippen LogP contribution in [0, 0.1) is 0 Å². The van der Waals surface area contributed by atoms with E-state index in [2.05, 4.69) is 9.97 Å². The maximum absolute atomic E-state index is 5.89. The van der Waals surface area contributed by atoms with Crippen molar-refractivity contribution in [2.24, 2.45) is 0 Å². The number of halogens is 2. The van der Waals surface area contributed by atoms with Gasteiger partial charge in [-0.25, -0.2) is 9.97 Å². The third-order valence-electron chi connectivity index (χ3n) is 2.59. The SMILES string of the molecule is COC(C)Cn1c(CCl)nc2cc(Cl)cnc21. The van der Waals surface area contributed by atoms with Crippen LogP contribution in [0.3, 0.4) is 0 Å². The van der Waals surface area contributed by atoms with Gasteiger partial charge in [-0.15, -0.1) is 11.6 Å². The number of aromatic nitrogens is 3. The van der Waals surface area contributed by atoms with Gasteiger partial charge in [0.05, 0.1) is 23.6 Å². The monoisotopic (exact) mass is 273 g/mol. The van der Waals surface area contributed by atoms with Crippen molar-refractivity contribution in [2.75, 3.05) is 7.11 Å². The fourth-order valence-electron chi connectivity index (χ4n) is 1.66. The Labute approximate surface area is 110 Å². The van der Waals surface area contributed by atoms with E-state index in [1.54, 1.807) is 19.4 Å². The maximum atomic E-state index is 5.89. The Hall–Kier alpha value is -0.840. The molecule has 0 radical (unpaired) electrons. The zero-order valence-electron chi connectivity index (χ0n) is 9.65. The van der Waals surface area contributed by atoms with E-state index in [1.165, 1.54) is 0 Å². The minimum absolute atomic E-state index is 0.0758. The van der Waals surface area contributed by atoms with Crippen molar-refractivity contribution in [3.8, 4) is 0 Å². The van der Waals surface area contributed by atoms with E-state index in [9.17, 15) is 0 Å². The number of rotatable bonds is 4. The molecular weight excluding hydrogens is 261 g/mol. The lowest BCUT2D eigenvalue weighted by Gasteiger charge is -2.12. The minimum Gasteiger partial charge on any atom is -0.380 e. The molecule has 4 nitrogen and oxygen atoms in total. The second-order valence-electron chi connectivity index (χ2n) is 3.81. The van der Waals surface area contributed by atoms with Gasteiger partial charge in [0, 0.05) is 13.3 Å². The Balaban J connectivity index is 2.50. The molecule has 2 heterocycles. The summed E-state index contributed by atoms with van der Waals surface area (Å²) in [6.45, 7) is 2.66. The van der Waals surface area contributed by atoms with Gasteiger partial charge in [0.25, 0.3) is 0 Å². The predicted octanol–water partition coefficient (Wildman–Crippen LogP) is 2.86. The first-order valence-corrected chi connectivity index (χ1v) is 6.16. The Bertz CT molecular complexity index is 527. The lowest BCUT2D eigenvalue weighted by molar-refractivity contribution is 0.103. The number of imidazole rings is 1. The van der Waals surface area contributed by atoms with Gasteiger partial charge in [-0.3, -0.25) is 0 Å². The number of methoxy groups -OCH3 is 1. The topological polar surface area (TPSA) is 39.9 Å². The van der Waals surface area contributed by atoms with Crippen LogP contribution < -0.4 is 0 Å². The van der Waals surface area contributed by atoms with Gasteiger partial charge in [0.1, 0.15) is 11.3 Å². The summed E-state index contributed by atoms with van der Waals surface area (Å²) in [5.41, 5.74) is 1.55. The van der Waals surface area contributed by atoms with Crippen molar-refractivity contribution in [1.82, 2.24) is 14.5 Å². The maximum Gasteiger partial charge on any atom is 0.160 e. The zero-order chi connectivity index (χ0) is 12.4. The van der Waals surface area contributed by atoms with E-state index < -0.39 is 0 Å². The molecule has 0 aliphatic carbocycles.